The van der Waals surface area contributed by atoms with Crippen LogP contribution in [0, 0.1) is 0 Å². The van der Waals surface area contributed by atoms with Gasteiger partial charge in [-0.1, -0.05) is 54.6 Å². The molecule has 0 aliphatic carbocycles. The van der Waals surface area contributed by atoms with Gasteiger partial charge in [0.15, 0.2) is 0 Å². The second-order valence-electron chi connectivity index (χ2n) is 6.93. The van der Waals surface area contributed by atoms with E-state index in [1.54, 1.807) is 31.4 Å². The van der Waals surface area contributed by atoms with Crippen molar-refractivity contribution in [1.29, 1.82) is 0 Å². The smallest absolute Gasteiger partial charge is 0.262 e. The van der Waals surface area contributed by atoms with Crippen molar-refractivity contribution in [2.75, 3.05) is 13.7 Å². The first-order chi connectivity index (χ1) is 14.6. The maximum atomic E-state index is 12.8. The van der Waals surface area contributed by atoms with Crippen molar-refractivity contribution in [3.8, 4) is 5.75 Å². The highest BCUT2D eigenvalue weighted by molar-refractivity contribution is 6.22. The lowest BCUT2D eigenvalue weighted by Gasteiger charge is -2.22. The summed E-state index contributed by atoms with van der Waals surface area (Å²) in [5.74, 6) is -0.616. The van der Waals surface area contributed by atoms with Gasteiger partial charge in [-0.3, -0.25) is 19.3 Å². The SMILES string of the molecule is COc1ccc([C@@H](NC(=O)CN2C(=O)c3ccccc3C2=O)c2ccccc2)cc1. The number of imide groups is 1. The van der Waals surface area contributed by atoms with Crippen molar-refractivity contribution in [1.82, 2.24) is 10.2 Å². The average molecular weight is 400 g/mol. The van der Waals surface area contributed by atoms with Crippen LogP contribution < -0.4 is 10.1 Å². The molecule has 0 saturated heterocycles. The molecule has 1 N–H and O–H groups in total. The maximum absolute atomic E-state index is 12.8. The minimum absolute atomic E-state index is 0.324. The van der Waals surface area contributed by atoms with E-state index in [9.17, 15) is 14.4 Å². The van der Waals surface area contributed by atoms with Crippen LogP contribution >= 0.6 is 0 Å². The van der Waals surface area contributed by atoms with Crippen LogP contribution in [-0.4, -0.2) is 36.3 Å². The molecule has 4 rings (SSSR count). The predicted octanol–water partition coefficient (Wildman–Crippen LogP) is 3.20. The zero-order valence-electron chi connectivity index (χ0n) is 16.4. The summed E-state index contributed by atoms with van der Waals surface area (Å²) < 4.78 is 5.21. The van der Waals surface area contributed by atoms with E-state index < -0.39 is 23.8 Å². The lowest BCUT2D eigenvalue weighted by atomic mass is 9.98. The highest BCUT2D eigenvalue weighted by atomic mass is 16.5. The Morgan fingerprint density at radius 3 is 1.93 bits per heavy atom. The molecule has 0 bridgehead atoms. The Bertz CT molecular complexity index is 1060. The summed E-state index contributed by atoms with van der Waals surface area (Å²) in [5, 5.41) is 2.96. The first-order valence-corrected chi connectivity index (χ1v) is 9.52. The van der Waals surface area contributed by atoms with Gasteiger partial charge in [0.2, 0.25) is 5.91 Å². The van der Waals surface area contributed by atoms with Crippen LogP contribution in [0.25, 0.3) is 0 Å². The Morgan fingerprint density at radius 2 is 1.37 bits per heavy atom. The van der Waals surface area contributed by atoms with Crippen molar-refractivity contribution in [3.63, 3.8) is 0 Å². The molecule has 3 aromatic carbocycles. The van der Waals surface area contributed by atoms with E-state index in [0.29, 0.717) is 16.9 Å². The highest BCUT2D eigenvalue weighted by Gasteiger charge is 2.36. The molecule has 0 aromatic heterocycles. The van der Waals surface area contributed by atoms with Crippen LogP contribution in [0.3, 0.4) is 0 Å². The number of carbonyl (C=O) groups is 3. The van der Waals surface area contributed by atoms with Gasteiger partial charge in [0.1, 0.15) is 12.3 Å². The van der Waals surface area contributed by atoms with Gasteiger partial charge < -0.3 is 10.1 Å². The van der Waals surface area contributed by atoms with E-state index in [2.05, 4.69) is 5.32 Å². The molecule has 6 heteroatoms. The molecular weight excluding hydrogens is 380 g/mol. The topological polar surface area (TPSA) is 75.7 Å². The molecule has 1 aliphatic rings. The van der Waals surface area contributed by atoms with E-state index in [4.69, 9.17) is 4.74 Å². The maximum Gasteiger partial charge on any atom is 0.262 e. The number of amides is 3. The largest absolute Gasteiger partial charge is 0.497 e. The Morgan fingerprint density at radius 1 is 0.833 bits per heavy atom. The number of nitrogens with zero attached hydrogens (tertiary/aromatic N) is 1. The van der Waals surface area contributed by atoms with E-state index in [1.165, 1.54) is 0 Å². The summed E-state index contributed by atoms with van der Waals surface area (Å²) in [6.07, 6.45) is 0. The number of fused-ring (bicyclic) bond motifs is 1. The minimum atomic E-state index is -0.452. The van der Waals surface area contributed by atoms with Gasteiger partial charge in [-0.05, 0) is 35.4 Å². The monoisotopic (exact) mass is 400 g/mol. The number of carbonyl (C=O) groups excluding carboxylic acids is 3. The third kappa shape index (κ3) is 3.67. The third-order valence-corrected chi connectivity index (χ3v) is 5.07. The van der Waals surface area contributed by atoms with Crippen molar-refractivity contribution >= 4 is 17.7 Å². The van der Waals surface area contributed by atoms with E-state index >= 15 is 0 Å². The van der Waals surface area contributed by atoms with E-state index in [1.807, 2.05) is 54.6 Å². The fraction of sp³-hybridized carbons (Fsp3) is 0.125. The van der Waals surface area contributed by atoms with Gasteiger partial charge >= 0.3 is 0 Å². The first-order valence-electron chi connectivity index (χ1n) is 9.52. The van der Waals surface area contributed by atoms with Gasteiger partial charge in [-0.15, -0.1) is 0 Å². The standard InChI is InChI=1S/C24H20N2O4/c1-30-18-13-11-17(12-14-18)22(16-7-3-2-4-8-16)25-21(27)15-26-23(28)19-9-5-6-10-20(19)24(26)29/h2-14,22H,15H2,1H3,(H,25,27)/t22-/m0/s1. The molecule has 0 unspecified atom stereocenters. The number of hydrogen-bond acceptors (Lipinski definition) is 4. The summed E-state index contributed by atoms with van der Waals surface area (Å²) >= 11 is 0. The summed E-state index contributed by atoms with van der Waals surface area (Å²) in [5.41, 5.74) is 2.39. The zero-order valence-corrected chi connectivity index (χ0v) is 16.4. The Balaban J connectivity index is 1.55. The van der Waals surface area contributed by atoms with E-state index in [0.717, 1.165) is 16.0 Å². The Kier molecular flexibility index (Phi) is 5.30. The minimum Gasteiger partial charge on any atom is -0.497 e. The Hall–Kier alpha value is -3.93. The van der Waals surface area contributed by atoms with Crippen molar-refractivity contribution in [3.05, 3.63) is 101 Å². The second-order valence-corrected chi connectivity index (χ2v) is 6.93. The zero-order chi connectivity index (χ0) is 21.1. The highest BCUT2D eigenvalue weighted by Crippen LogP contribution is 2.25. The molecular formula is C24H20N2O4. The molecule has 1 aliphatic heterocycles. The van der Waals surface area contributed by atoms with Crippen LogP contribution in [0.5, 0.6) is 5.75 Å². The quantitative estimate of drug-likeness (QED) is 0.645. The summed E-state index contributed by atoms with van der Waals surface area (Å²) in [6, 6.07) is 23.1. The van der Waals surface area contributed by atoms with Crippen molar-refractivity contribution < 1.29 is 19.1 Å². The van der Waals surface area contributed by atoms with Gasteiger partial charge in [0.25, 0.3) is 11.8 Å². The number of nitrogens with one attached hydrogen (secondary N) is 1. The van der Waals surface area contributed by atoms with Crippen LogP contribution in [0.15, 0.2) is 78.9 Å². The average Bonchev–Trinajstić information content (AvgIpc) is 3.03. The van der Waals surface area contributed by atoms with Crippen molar-refractivity contribution in [2.45, 2.75) is 6.04 Å². The number of benzene rings is 3. The Labute approximate surface area is 174 Å². The van der Waals surface area contributed by atoms with Gasteiger partial charge in [-0.25, -0.2) is 0 Å². The van der Waals surface area contributed by atoms with Crippen LogP contribution in [-0.2, 0) is 4.79 Å². The molecule has 0 fully saturated rings. The van der Waals surface area contributed by atoms with Gasteiger partial charge in [-0.2, -0.15) is 0 Å². The molecule has 6 nitrogen and oxygen atoms in total. The summed E-state index contributed by atoms with van der Waals surface area (Å²) in [4.78, 5) is 38.9. The third-order valence-electron chi connectivity index (χ3n) is 5.07. The number of methoxy groups -OCH3 is 1. The second kappa shape index (κ2) is 8.21. The molecule has 1 heterocycles. The van der Waals surface area contributed by atoms with Gasteiger partial charge in [0, 0.05) is 0 Å². The normalized spacial score (nSPS) is 13.7. The molecule has 3 amide bonds. The molecule has 30 heavy (non-hydrogen) atoms. The molecule has 0 saturated carbocycles. The van der Waals surface area contributed by atoms with E-state index in [-0.39, 0.29) is 6.54 Å². The fourth-order valence-electron chi connectivity index (χ4n) is 3.53. The summed E-state index contributed by atoms with van der Waals surface area (Å²) in [6.45, 7) is -0.341. The predicted molar refractivity (Wildman–Crippen MR) is 111 cm³/mol. The fourth-order valence-corrected chi connectivity index (χ4v) is 3.53. The molecule has 0 spiro atoms. The molecule has 3 aromatic rings. The molecule has 1 atom stereocenters. The van der Waals surface area contributed by atoms with Crippen LogP contribution in [0.2, 0.25) is 0 Å². The summed E-state index contributed by atoms with van der Waals surface area (Å²) in [7, 11) is 1.59. The number of hydrogen-bond donors (Lipinski definition) is 1. The molecule has 0 radical (unpaired) electrons. The molecule has 150 valence electrons. The van der Waals surface area contributed by atoms with Crippen LogP contribution in [0.1, 0.15) is 37.9 Å². The van der Waals surface area contributed by atoms with Crippen LogP contribution in [0.4, 0.5) is 0 Å². The number of rotatable bonds is 6. The first kappa shape index (κ1) is 19.4. The lowest BCUT2D eigenvalue weighted by Crippen LogP contribution is -2.41. The number of ether oxygens (including phenoxy) is 1. The van der Waals surface area contributed by atoms with Crippen molar-refractivity contribution in [2.24, 2.45) is 0 Å². The lowest BCUT2D eigenvalue weighted by molar-refractivity contribution is -0.121. The van der Waals surface area contributed by atoms with Gasteiger partial charge in [0.05, 0.1) is 24.3 Å².